The second kappa shape index (κ2) is 8.19. The number of nitriles is 1. The van der Waals surface area contributed by atoms with Crippen LogP contribution in [0, 0.1) is 11.3 Å². The van der Waals surface area contributed by atoms with Gasteiger partial charge < -0.3 is 15.0 Å². The van der Waals surface area contributed by atoms with Crippen molar-refractivity contribution in [3.63, 3.8) is 0 Å². The van der Waals surface area contributed by atoms with Crippen LogP contribution in [0.5, 0.6) is 0 Å². The highest BCUT2D eigenvalue weighted by Gasteiger charge is 2.23. The van der Waals surface area contributed by atoms with Gasteiger partial charge in [0.05, 0.1) is 11.6 Å². The summed E-state index contributed by atoms with van der Waals surface area (Å²) in [6, 6.07) is 15.9. The van der Waals surface area contributed by atoms with Gasteiger partial charge in [0.2, 0.25) is 5.91 Å². The zero-order valence-corrected chi connectivity index (χ0v) is 14.9. The van der Waals surface area contributed by atoms with Crippen molar-refractivity contribution in [1.82, 2.24) is 10.3 Å². The molecule has 3 aromatic rings. The van der Waals surface area contributed by atoms with Gasteiger partial charge in [0.1, 0.15) is 12.6 Å². The third-order valence-electron chi connectivity index (χ3n) is 4.27. The van der Waals surface area contributed by atoms with Gasteiger partial charge in [0.25, 0.3) is 0 Å². The number of carbonyl (C=O) groups excluding carboxylic acids is 2. The number of ether oxygens (including phenoxy) is 1. The number of nitrogens with one attached hydrogen (secondary N) is 2. The molecule has 0 aliphatic rings. The molecule has 0 aliphatic heterocycles. The Labute approximate surface area is 156 Å². The Balaban J connectivity index is 1.75. The van der Waals surface area contributed by atoms with Crippen LogP contribution < -0.4 is 5.32 Å². The summed E-state index contributed by atoms with van der Waals surface area (Å²) in [6.45, 7) is 1.34. The minimum atomic E-state index is -0.809. The van der Waals surface area contributed by atoms with Crippen molar-refractivity contribution in [3.8, 4) is 6.07 Å². The van der Waals surface area contributed by atoms with E-state index >= 15 is 0 Å². The number of carbonyl (C=O) groups is 2. The molecule has 0 radical (unpaired) electrons. The molecule has 1 aromatic heterocycles. The Morgan fingerprint density at radius 2 is 1.89 bits per heavy atom. The third-order valence-corrected chi connectivity index (χ3v) is 4.27. The molecule has 6 nitrogen and oxygen atoms in total. The first kappa shape index (κ1) is 18.2. The number of fused-ring (bicyclic) bond motifs is 1. The van der Waals surface area contributed by atoms with E-state index in [9.17, 15) is 9.59 Å². The molecule has 0 saturated carbocycles. The molecule has 0 saturated heterocycles. The van der Waals surface area contributed by atoms with Crippen molar-refractivity contribution < 1.29 is 14.3 Å². The molecule has 0 bridgehead atoms. The van der Waals surface area contributed by atoms with E-state index in [1.165, 1.54) is 6.92 Å². The van der Waals surface area contributed by atoms with Crippen LogP contribution in [0.4, 0.5) is 0 Å². The molecular weight excluding hydrogens is 342 g/mol. The second-order valence-electron chi connectivity index (χ2n) is 6.19. The smallest absolute Gasteiger partial charge is 0.329 e. The van der Waals surface area contributed by atoms with Crippen LogP contribution in [-0.4, -0.2) is 22.9 Å². The fourth-order valence-corrected chi connectivity index (χ4v) is 2.96. The normalized spacial score (nSPS) is 11.6. The maximum absolute atomic E-state index is 12.6. The number of rotatable bonds is 6. The van der Waals surface area contributed by atoms with Crippen molar-refractivity contribution in [3.05, 3.63) is 71.4 Å². The molecule has 2 aromatic carbocycles. The molecule has 0 unspecified atom stereocenters. The Kier molecular flexibility index (Phi) is 5.53. The summed E-state index contributed by atoms with van der Waals surface area (Å²) >= 11 is 0. The quantitative estimate of drug-likeness (QED) is 0.660. The number of hydrogen-bond donors (Lipinski definition) is 2. The maximum Gasteiger partial charge on any atom is 0.329 e. The Morgan fingerprint density at radius 3 is 2.67 bits per heavy atom. The van der Waals surface area contributed by atoms with Crippen LogP contribution in [0.15, 0.2) is 54.7 Å². The number of nitrogens with zero attached hydrogens (tertiary/aromatic N) is 1. The second-order valence-corrected chi connectivity index (χ2v) is 6.19. The molecule has 2 N–H and O–H groups in total. The lowest BCUT2D eigenvalue weighted by molar-refractivity contribution is -0.149. The average molecular weight is 361 g/mol. The number of aromatic amines is 1. The minimum Gasteiger partial charge on any atom is -0.459 e. The zero-order valence-electron chi connectivity index (χ0n) is 14.9. The maximum atomic E-state index is 12.6. The molecule has 6 heteroatoms. The molecule has 0 spiro atoms. The van der Waals surface area contributed by atoms with E-state index in [0.717, 1.165) is 16.5 Å². The Morgan fingerprint density at radius 1 is 1.15 bits per heavy atom. The number of benzene rings is 2. The van der Waals surface area contributed by atoms with Crippen molar-refractivity contribution in [2.45, 2.75) is 26.0 Å². The van der Waals surface area contributed by atoms with Crippen LogP contribution in [0.2, 0.25) is 0 Å². The number of esters is 1. The number of H-pyrrole nitrogens is 1. The van der Waals surface area contributed by atoms with E-state index in [-0.39, 0.29) is 12.5 Å². The lowest BCUT2D eigenvalue weighted by Crippen LogP contribution is -2.42. The van der Waals surface area contributed by atoms with Crippen LogP contribution >= 0.6 is 0 Å². The summed E-state index contributed by atoms with van der Waals surface area (Å²) in [5.74, 6) is -0.850. The van der Waals surface area contributed by atoms with Crippen LogP contribution in [0.25, 0.3) is 10.9 Å². The third kappa shape index (κ3) is 4.33. The van der Waals surface area contributed by atoms with E-state index in [2.05, 4.69) is 16.4 Å². The van der Waals surface area contributed by atoms with Gasteiger partial charge in [-0.3, -0.25) is 4.79 Å². The van der Waals surface area contributed by atoms with E-state index < -0.39 is 12.0 Å². The highest BCUT2D eigenvalue weighted by molar-refractivity contribution is 5.86. The van der Waals surface area contributed by atoms with E-state index in [4.69, 9.17) is 10.00 Å². The number of aromatic nitrogens is 1. The summed E-state index contributed by atoms with van der Waals surface area (Å²) in [5, 5.41) is 12.8. The first-order chi connectivity index (χ1) is 13.1. The van der Waals surface area contributed by atoms with Crippen molar-refractivity contribution in [1.29, 1.82) is 5.26 Å². The summed E-state index contributed by atoms with van der Waals surface area (Å²) in [6.07, 6.45) is 2.14. The Hall–Kier alpha value is -3.59. The number of amides is 1. The molecule has 136 valence electrons. The number of para-hydroxylation sites is 1. The number of hydrogen-bond acceptors (Lipinski definition) is 4. The highest BCUT2D eigenvalue weighted by atomic mass is 16.5. The average Bonchev–Trinajstić information content (AvgIpc) is 3.08. The standard InChI is InChI=1S/C21H19N3O3/c1-14(25)24-20(10-17-12-23-19-9-5-4-8-18(17)19)21(26)27-13-16-7-3-2-6-15(16)11-22/h2-9,12,20,23H,10,13H2,1H3,(H,24,25)/t20-/m0/s1. The first-order valence-electron chi connectivity index (χ1n) is 8.55. The molecule has 1 heterocycles. The minimum absolute atomic E-state index is 0.0213. The summed E-state index contributed by atoms with van der Waals surface area (Å²) in [4.78, 5) is 27.3. The Bertz CT molecular complexity index is 1020. The van der Waals surface area contributed by atoms with Crippen LogP contribution in [-0.2, 0) is 27.4 Å². The van der Waals surface area contributed by atoms with Crippen LogP contribution in [0.1, 0.15) is 23.6 Å². The van der Waals surface area contributed by atoms with Gasteiger partial charge >= 0.3 is 5.97 Å². The topological polar surface area (TPSA) is 95.0 Å². The predicted octanol–water partition coefficient (Wildman–Crippen LogP) is 2.83. The van der Waals surface area contributed by atoms with Crippen molar-refractivity contribution in [2.24, 2.45) is 0 Å². The van der Waals surface area contributed by atoms with Gasteiger partial charge in [0, 0.05) is 36.0 Å². The van der Waals surface area contributed by atoms with Gasteiger partial charge in [-0.15, -0.1) is 0 Å². The fraction of sp³-hybridized carbons (Fsp3) is 0.190. The zero-order chi connectivity index (χ0) is 19.2. The molecule has 1 amide bonds. The van der Waals surface area contributed by atoms with Gasteiger partial charge in [0.15, 0.2) is 0 Å². The van der Waals surface area contributed by atoms with Gasteiger partial charge in [-0.05, 0) is 17.7 Å². The molecule has 0 aliphatic carbocycles. The molecular formula is C21H19N3O3. The highest BCUT2D eigenvalue weighted by Crippen LogP contribution is 2.19. The molecule has 27 heavy (non-hydrogen) atoms. The lowest BCUT2D eigenvalue weighted by atomic mass is 10.0. The summed E-state index contributed by atoms with van der Waals surface area (Å²) in [5.41, 5.74) is 2.96. The lowest BCUT2D eigenvalue weighted by Gasteiger charge is -2.17. The summed E-state index contributed by atoms with van der Waals surface area (Å²) in [7, 11) is 0. The largest absolute Gasteiger partial charge is 0.459 e. The van der Waals surface area contributed by atoms with Gasteiger partial charge in [-0.2, -0.15) is 5.26 Å². The molecule has 3 rings (SSSR count). The van der Waals surface area contributed by atoms with E-state index in [1.807, 2.05) is 30.5 Å². The SMILES string of the molecule is CC(=O)N[C@@H](Cc1c[nH]c2ccccc12)C(=O)OCc1ccccc1C#N. The molecule has 0 fully saturated rings. The van der Waals surface area contributed by atoms with Crippen molar-refractivity contribution in [2.75, 3.05) is 0 Å². The summed E-state index contributed by atoms with van der Waals surface area (Å²) < 4.78 is 5.38. The van der Waals surface area contributed by atoms with E-state index in [0.29, 0.717) is 17.5 Å². The first-order valence-corrected chi connectivity index (χ1v) is 8.55. The molecule has 1 atom stereocenters. The van der Waals surface area contributed by atoms with Gasteiger partial charge in [-0.25, -0.2) is 4.79 Å². The fourth-order valence-electron chi connectivity index (χ4n) is 2.96. The monoisotopic (exact) mass is 361 g/mol. The van der Waals surface area contributed by atoms with Crippen molar-refractivity contribution >= 4 is 22.8 Å². The van der Waals surface area contributed by atoms with Crippen LogP contribution in [0.3, 0.4) is 0 Å². The van der Waals surface area contributed by atoms with E-state index in [1.54, 1.807) is 24.3 Å². The van der Waals surface area contributed by atoms with Gasteiger partial charge in [-0.1, -0.05) is 36.4 Å². The predicted molar refractivity (Wildman–Crippen MR) is 101 cm³/mol.